The quantitative estimate of drug-likeness (QED) is 0.794. The number of hydrogen-bond acceptors (Lipinski definition) is 4. The van der Waals surface area contributed by atoms with Crippen LogP contribution >= 0.6 is 15.9 Å². The molecule has 0 spiro atoms. The van der Waals surface area contributed by atoms with Crippen LogP contribution in [0.3, 0.4) is 0 Å². The molecule has 2 N–H and O–H groups in total. The molecule has 0 aliphatic carbocycles. The summed E-state index contributed by atoms with van der Waals surface area (Å²) in [5.74, 6) is 0.660. The number of ether oxygens (including phenoxy) is 1. The van der Waals surface area contributed by atoms with Gasteiger partial charge in [-0.15, -0.1) is 0 Å². The van der Waals surface area contributed by atoms with E-state index in [-0.39, 0.29) is 0 Å². The van der Waals surface area contributed by atoms with E-state index in [9.17, 15) is 0 Å². The third-order valence-corrected chi connectivity index (χ3v) is 2.53. The smallest absolute Gasteiger partial charge is 0.150 e. The molecule has 1 fully saturated rings. The molecule has 70 valence electrons. The number of nitrogens with two attached hydrogens (primary N) is 1. The molecule has 0 bridgehead atoms. The van der Waals surface area contributed by atoms with Gasteiger partial charge in [0.05, 0.1) is 11.1 Å². The third-order valence-electron chi connectivity index (χ3n) is 2.12. The highest BCUT2D eigenvalue weighted by atomic mass is 79.9. The molecule has 4 nitrogen and oxygen atoms in total. The van der Waals surface area contributed by atoms with Crippen LogP contribution in [0.15, 0.2) is 16.9 Å². The zero-order chi connectivity index (χ0) is 9.31. The van der Waals surface area contributed by atoms with Crippen molar-refractivity contribution in [3.8, 4) is 0 Å². The Hall–Kier alpha value is -0.520. The van der Waals surface area contributed by atoms with Gasteiger partial charge in [0, 0.05) is 19.0 Å². The first-order valence-corrected chi connectivity index (χ1v) is 4.85. The van der Waals surface area contributed by atoms with Crippen LogP contribution in [-0.2, 0) is 10.3 Å². The fourth-order valence-electron chi connectivity index (χ4n) is 1.33. The maximum atomic E-state index is 6.07. The van der Waals surface area contributed by atoms with Gasteiger partial charge in [-0.05, 0) is 22.4 Å². The van der Waals surface area contributed by atoms with E-state index in [1.165, 1.54) is 0 Å². The molecule has 2 rings (SSSR count). The van der Waals surface area contributed by atoms with Crippen molar-refractivity contribution >= 4 is 15.9 Å². The van der Waals surface area contributed by atoms with Gasteiger partial charge in [-0.25, -0.2) is 9.97 Å². The van der Waals surface area contributed by atoms with Crippen molar-refractivity contribution in [2.45, 2.75) is 12.0 Å². The molecule has 2 heterocycles. The lowest BCUT2D eigenvalue weighted by molar-refractivity contribution is 0.176. The van der Waals surface area contributed by atoms with Gasteiger partial charge in [-0.3, -0.25) is 0 Å². The molecule has 1 aromatic rings. The van der Waals surface area contributed by atoms with Gasteiger partial charge in [-0.1, -0.05) is 0 Å². The fraction of sp³-hybridized carbons (Fsp3) is 0.500. The summed E-state index contributed by atoms with van der Waals surface area (Å²) in [7, 11) is 0. The van der Waals surface area contributed by atoms with Crippen molar-refractivity contribution in [1.29, 1.82) is 0 Å². The van der Waals surface area contributed by atoms with Gasteiger partial charge in [0.15, 0.2) is 5.82 Å². The zero-order valence-corrected chi connectivity index (χ0v) is 8.62. The van der Waals surface area contributed by atoms with Crippen LogP contribution in [0.4, 0.5) is 0 Å². The van der Waals surface area contributed by atoms with Crippen LogP contribution in [0.5, 0.6) is 0 Å². The summed E-state index contributed by atoms with van der Waals surface area (Å²) in [4.78, 5) is 8.34. The standard InChI is InChI=1S/C8H10BrN3O/c9-6-3-11-7(12-4-6)8(10)1-2-13-5-8/h3-4H,1-2,5,10H2. The highest BCUT2D eigenvalue weighted by Gasteiger charge is 2.34. The first-order chi connectivity index (χ1) is 6.21. The van der Waals surface area contributed by atoms with Gasteiger partial charge in [0.1, 0.15) is 5.54 Å². The summed E-state index contributed by atoms with van der Waals surface area (Å²) in [5, 5.41) is 0. The molecule has 5 heteroatoms. The van der Waals surface area contributed by atoms with Crippen molar-refractivity contribution in [1.82, 2.24) is 9.97 Å². The highest BCUT2D eigenvalue weighted by molar-refractivity contribution is 9.10. The van der Waals surface area contributed by atoms with E-state index in [1.807, 2.05) is 0 Å². The molecule has 1 aliphatic heterocycles. The molecule has 1 aromatic heterocycles. The highest BCUT2D eigenvalue weighted by Crippen LogP contribution is 2.24. The average Bonchev–Trinajstić information content (AvgIpc) is 2.54. The number of rotatable bonds is 1. The lowest BCUT2D eigenvalue weighted by Gasteiger charge is -2.18. The summed E-state index contributed by atoms with van der Waals surface area (Å²) >= 11 is 3.27. The molecular formula is C8H10BrN3O. The Bertz CT molecular complexity index is 295. The Morgan fingerprint density at radius 3 is 2.69 bits per heavy atom. The molecular weight excluding hydrogens is 234 g/mol. The Morgan fingerprint density at radius 2 is 2.15 bits per heavy atom. The van der Waals surface area contributed by atoms with Crippen molar-refractivity contribution in [2.75, 3.05) is 13.2 Å². The second-order valence-electron chi connectivity index (χ2n) is 3.18. The predicted molar refractivity (Wildman–Crippen MR) is 51.0 cm³/mol. The van der Waals surface area contributed by atoms with Crippen molar-refractivity contribution in [3.63, 3.8) is 0 Å². The van der Waals surface area contributed by atoms with Crippen LogP contribution in [0.25, 0.3) is 0 Å². The summed E-state index contributed by atoms with van der Waals surface area (Å²) in [6.45, 7) is 1.20. The van der Waals surface area contributed by atoms with E-state index in [0.717, 1.165) is 10.9 Å². The first-order valence-electron chi connectivity index (χ1n) is 4.05. The Morgan fingerprint density at radius 1 is 1.46 bits per heavy atom. The number of nitrogens with zero attached hydrogens (tertiary/aromatic N) is 2. The Balaban J connectivity index is 2.29. The van der Waals surface area contributed by atoms with Gasteiger partial charge in [-0.2, -0.15) is 0 Å². The molecule has 1 saturated heterocycles. The summed E-state index contributed by atoms with van der Waals surface area (Å²) < 4.78 is 6.09. The normalized spacial score (nSPS) is 27.8. The van der Waals surface area contributed by atoms with Crippen LogP contribution in [0.2, 0.25) is 0 Å². The fourth-order valence-corrected chi connectivity index (χ4v) is 1.53. The van der Waals surface area contributed by atoms with Crippen LogP contribution in [0.1, 0.15) is 12.2 Å². The monoisotopic (exact) mass is 243 g/mol. The second kappa shape index (κ2) is 3.32. The second-order valence-corrected chi connectivity index (χ2v) is 4.10. The molecule has 0 saturated carbocycles. The van der Waals surface area contributed by atoms with E-state index in [4.69, 9.17) is 10.5 Å². The van der Waals surface area contributed by atoms with E-state index < -0.39 is 5.54 Å². The summed E-state index contributed by atoms with van der Waals surface area (Å²) in [6, 6.07) is 0. The molecule has 0 amide bonds. The largest absolute Gasteiger partial charge is 0.379 e. The lowest BCUT2D eigenvalue weighted by atomic mass is 9.99. The van der Waals surface area contributed by atoms with E-state index >= 15 is 0 Å². The summed E-state index contributed by atoms with van der Waals surface area (Å²) in [6.07, 6.45) is 4.19. The van der Waals surface area contributed by atoms with Crippen molar-refractivity contribution < 1.29 is 4.74 Å². The third kappa shape index (κ3) is 1.72. The maximum Gasteiger partial charge on any atom is 0.150 e. The molecule has 0 aromatic carbocycles. The topological polar surface area (TPSA) is 61.0 Å². The van der Waals surface area contributed by atoms with Crippen molar-refractivity contribution in [2.24, 2.45) is 5.73 Å². The molecule has 0 radical (unpaired) electrons. The van der Waals surface area contributed by atoms with Gasteiger partial charge >= 0.3 is 0 Å². The molecule has 1 atom stereocenters. The molecule has 13 heavy (non-hydrogen) atoms. The molecule has 1 unspecified atom stereocenters. The SMILES string of the molecule is NC1(c2ncc(Br)cn2)CCOC1. The minimum absolute atomic E-state index is 0.485. The van der Waals surface area contributed by atoms with Crippen LogP contribution in [0, 0.1) is 0 Å². The van der Waals surface area contributed by atoms with E-state index in [1.54, 1.807) is 12.4 Å². The Labute approximate surface area is 84.6 Å². The average molecular weight is 244 g/mol. The van der Waals surface area contributed by atoms with Gasteiger partial charge in [0.2, 0.25) is 0 Å². The lowest BCUT2D eigenvalue weighted by Crippen LogP contribution is -2.38. The van der Waals surface area contributed by atoms with E-state index in [0.29, 0.717) is 19.0 Å². The van der Waals surface area contributed by atoms with E-state index in [2.05, 4.69) is 25.9 Å². The van der Waals surface area contributed by atoms with Crippen LogP contribution in [-0.4, -0.2) is 23.2 Å². The first kappa shape index (κ1) is 9.05. The van der Waals surface area contributed by atoms with Gasteiger partial charge in [0.25, 0.3) is 0 Å². The molecule has 1 aliphatic rings. The number of aromatic nitrogens is 2. The number of halogens is 1. The van der Waals surface area contributed by atoms with Crippen molar-refractivity contribution in [3.05, 3.63) is 22.7 Å². The Kier molecular flexibility index (Phi) is 2.31. The minimum Gasteiger partial charge on any atom is -0.379 e. The maximum absolute atomic E-state index is 6.07. The predicted octanol–water partition coefficient (Wildman–Crippen LogP) is 0.813. The zero-order valence-electron chi connectivity index (χ0n) is 7.03. The van der Waals surface area contributed by atoms with Gasteiger partial charge < -0.3 is 10.5 Å². The minimum atomic E-state index is -0.485. The summed E-state index contributed by atoms with van der Waals surface area (Å²) in [5.41, 5.74) is 5.58. The number of hydrogen-bond donors (Lipinski definition) is 1. The van der Waals surface area contributed by atoms with Crippen LogP contribution < -0.4 is 5.73 Å².